The van der Waals surface area contributed by atoms with Gasteiger partial charge in [-0.05, 0) is 13.3 Å². The highest BCUT2D eigenvalue weighted by Gasteiger charge is 2.36. The predicted octanol–water partition coefficient (Wildman–Crippen LogP) is 0.754. The fraction of sp³-hybridized carbons (Fsp3) is 0.833. The predicted molar refractivity (Wildman–Crippen MR) is 37.1 cm³/mol. The van der Waals surface area contributed by atoms with E-state index in [1.165, 1.54) is 0 Å². The van der Waals surface area contributed by atoms with Crippen molar-refractivity contribution >= 4 is 13.2 Å². The third-order valence-corrected chi connectivity index (χ3v) is 2.22. The molecular formula is C6H11BO2. The van der Waals surface area contributed by atoms with E-state index in [-0.39, 0.29) is 5.41 Å². The Kier molecular flexibility index (Phi) is 1.51. The van der Waals surface area contributed by atoms with Crippen LogP contribution in [0.3, 0.4) is 0 Å². The first-order valence-corrected chi connectivity index (χ1v) is 3.38. The van der Waals surface area contributed by atoms with Crippen LogP contribution in [0.5, 0.6) is 0 Å². The number of hydrogen-bond acceptors (Lipinski definition) is 1. The van der Waals surface area contributed by atoms with E-state index in [0.29, 0.717) is 0 Å². The maximum absolute atomic E-state index is 10.5. The van der Waals surface area contributed by atoms with E-state index in [9.17, 15) is 4.79 Å². The second-order valence-electron chi connectivity index (χ2n) is 3.07. The van der Waals surface area contributed by atoms with Crippen LogP contribution in [0, 0.1) is 5.41 Å². The molecule has 1 aliphatic rings. The van der Waals surface area contributed by atoms with E-state index >= 15 is 0 Å². The van der Waals surface area contributed by atoms with Crippen LogP contribution in [0.4, 0.5) is 0 Å². The molecule has 9 heavy (non-hydrogen) atoms. The smallest absolute Gasteiger partial charge is 0.308 e. The zero-order valence-electron chi connectivity index (χ0n) is 5.68. The molecule has 0 aromatic rings. The van der Waals surface area contributed by atoms with Crippen LogP contribution in [0.2, 0.25) is 12.6 Å². The van der Waals surface area contributed by atoms with Crippen LogP contribution >= 0.6 is 0 Å². The zero-order valence-corrected chi connectivity index (χ0v) is 5.68. The molecule has 1 unspecified atom stereocenters. The summed E-state index contributed by atoms with van der Waals surface area (Å²) in [6.07, 6.45) is 2.81. The standard InChI is InChI=1S/C6H11BO2/c1-6(5(8)9)2-3-7-4-6/h7H,2-4H2,1H3,(H,8,9). The van der Waals surface area contributed by atoms with E-state index in [0.717, 1.165) is 26.3 Å². The van der Waals surface area contributed by atoms with E-state index in [4.69, 9.17) is 5.11 Å². The second-order valence-corrected chi connectivity index (χ2v) is 3.07. The van der Waals surface area contributed by atoms with Crippen molar-refractivity contribution in [2.75, 3.05) is 0 Å². The fourth-order valence-corrected chi connectivity index (χ4v) is 1.37. The Hall–Kier alpha value is -0.465. The number of carboxylic acid groups (broad SMARTS) is 1. The molecule has 1 N–H and O–H groups in total. The van der Waals surface area contributed by atoms with Gasteiger partial charge in [0.15, 0.2) is 0 Å². The van der Waals surface area contributed by atoms with Gasteiger partial charge in [-0.3, -0.25) is 4.79 Å². The minimum absolute atomic E-state index is 0.389. The van der Waals surface area contributed by atoms with Gasteiger partial charge < -0.3 is 5.11 Å². The van der Waals surface area contributed by atoms with Crippen LogP contribution in [0.25, 0.3) is 0 Å². The number of hydrogen-bond donors (Lipinski definition) is 1. The highest BCUT2D eigenvalue weighted by atomic mass is 16.4. The van der Waals surface area contributed by atoms with E-state index in [1.54, 1.807) is 0 Å². The molecule has 50 valence electrons. The monoisotopic (exact) mass is 126 g/mol. The summed E-state index contributed by atoms with van der Waals surface area (Å²) in [6, 6.07) is 0. The molecule has 3 heteroatoms. The van der Waals surface area contributed by atoms with Crippen molar-refractivity contribution in [1.29, 1.82) is 0 Å². The van der Waals surface area contributed by atoms with Gasteiger partial charge >= 0.3 is 5.97 Å². The maximum atomic E-state index is 10.5. The first-order chi connectivity index (χ1) is 4.15. The van der Waals surface area contributed by atoms with Gasteiger partial charge in [0.05, 0.1) is 5.41 Å². The summed E-state index contributed by atoms with van der Waals surface area (Å²) < 4.78 is 0. The second kappa shape index (κ2) is 2.05. The average molecular weight is 126 g/mol. The van der Waals surface area contributed by atoms with Crippen molar-refractivity contribution in [3.8, 4) is 0 Å². The molecule has 1 fully saturated rings. The lowest BCUT2D eigenvalue weighted by atomic mass is 9.73. The summed E-state index contributed by atoms with van der Waals surface area (Å²) in [6.45, 7) is 1.84. The van der Waals surface area contributed by atoms with Gasteiger partial charge in [-0.25, -0.2) is 0 Å². The largest absolute Gasteiger partial charge is 0.481 e. The van der Waals surface area contributed by atoms with Gasteiger partial charge in [0.1, 0.15) is 7.28 Å². The quantitative estimate of drug-likeness (QED) is 0.526. The van der Waals surface area contributed by atoms with Crippen LogP contribution in [0.15, 0.2) is 0 Å². The molecule has 0 amide bonds. The van der Waals surface area contributed by atoms with Gasteiger partial charge in [-0.2, -0.15) is 0 Å². The Morgan fingerprint density at radius 2 is 2.44 bits per heavy atom. The number of carbonyl (C=O) groups is 1. The third-order valence-electron chi connectivity index (χ3n) is 2.22. The molecule has 1 rings (SSSR count). The summed E-state index contributed by atoms with van der Waals surface area (Å²) in [7, 11) is 1.09. The SMILES string of the molecule is CC1(C(=O)O)CBCC1. The minimum Gasteiger partial charge on any atom is -0.481 e. The van der Waals surface area contributed by atoms with Gasteiger partial charge in [0.2, 0.25) is 0 Å². The highest BCUT2D eigenvalue weighted by Crippen LogP contribution is 2.34. The minimum atomic E-state index is -0.625. The van der Waals surface area contributed by atoms with Crippen molar-refractivity contribution in [2.24, 2.45) is 5.41 Å². The molecule has 0 spiro atoms. The van der Waals surface area contributed by atoms with Gasteiger partial charge in [0.25, 0.3) is 0 Å². The molecule has 2 nitrogen and oxygen atoms in total. The van der Waals surface area contributed by atoms with Gasteiger partial charge in [-0.1, -0.05) is 12.6 Å². The molecule has 0 aromatic carbocycles. The van der Waals surface area contributed by atoms with Gasteiger partial charge in [-0.15, -0.1) is 0 Å². The van der Waals surface area contributed by atoms with Crippen molar-refractivity contribution in [3.05, 3.63) is 0 Å². The molecule has 0 bridgehead atoms. The first-order valence-electron chi connectivity index (χ1n) is 3.38. The summed E-state index contributed by atoms with van der Waals surface area (Å²) in [5.74, 6) is -0.625. The summed E-state index contributed by atoms with van der Waals surface area (Å²) in [5.41, 5.74) is -0.389. The summed E-state index contributed by atoms with van der Waals surface area (Å²) >= 11 is 0. The molecule has 1 atom stereocenters. The molecule has 1 aliphatic heterocycles. The highest BCUT2D eigenvalue weighted by molar-refractivity contribution is 6.37. The number of aliphatic carboxylic acids is 1. The molecule has 1 heterocycles. The van der Waals surface area contributed by atoms with Crippen LogP contribution in [-0.2, 0) is 4.79 Å². The number of carboxylic acids is 1. The Morgan fingerprint density at radius 3 is 2.67 bits per heavy atom. The third kappa shape index (κ3) is 1.09. The lowest BCUT2D eigenvalue weighted by Gasteiger charge is -2.16. The molecular weight excluding hydrogens is 115 g/mol. The Labute approximate surface area is 55.5 Å². The molecule has 0 aromatic heterocycles. The van der Waals surface area contributed by atoms with E-state index < -0.39 is 5.97 Å². The van der Waals surface area contributed by atoms with Crippen LogP contribution in [0.1, 0.15) is 13.3 Å². The van der Waals surface area contributed by atoms with Crippen molar-refractivity contribution in [2.45, 2.75) is 26.0 Å². The Bertz CT molecular complexity index is 127. The fourth-order valence-electron chi connectivity index (χ4n) is 1.37. The van der Waals surface area contributed by atoms with Gasteiger partial charge in [0, 0.05) is 0 Å². The number of rotatable bonds is 1. The lowest BCUT2D eigenvalue weighted by molar-refractivity contribution is -0.146. The topological polar surface area (TPSA) is 37.3 Å². The zero-order chi connectivity index (χ0) is 6.91. The van der Waals surface area contributed by atoms with Crippen molar-refractivity contribution < 1.29 is 9.90 Å². The Morgan fingerprint density at radius 1 is 1.78 bits per heavy atom. The average Bonchev–Trinajstić information content (AvgIpc) is 2.16. The molecule has 1 saturated heterocycles. The molecule has 0 saturated carbocycles. The molecule has 0 radical (unpaired) electrons. The first kappa shape index (κ1) is 6.65. The van der Waals surface area contributed by atoms with Crippen LogP contribution in [-0.4, -0.2) is 18.4 Å². The van der Waals surface area contributed by atoms with Crippen LogP contribution < -0.4 is 0 Å². The Balaban J connectivity index is 2.61. The van der Waals surface area contributed by atoms with Crippen molar-refractivity contribution in [1.82, 2.24) is 0 Å². The summed E-state index contributed by atoms with van der Waals surface area (Å²) in [4.78, 5) is 10.5. The van der Waals surface area contributed by atoms with E-state index in [2.05, 4.69) is 0 Å². The summed E-state index contributed by atoms with van der Waals surface area (Å²) in [5, 5.41) is 8.67. The van der Waals surface area contributed by atoms with E-state index in [1.807, 2.05) is 6.92 Å². The molecule has 0 aliphatic carbocycles. The normalized spacial score (nSPS) is 33.9. The lowest BCUT2D eigenvalue weighted by Crippen LogP contribution is -2.22. The maximum Gasteiger partial charge on any atom is 0.308 e. The van der Waals surface area contributed by atoms with Crippen molar-refractivity contribution in [3.63, 3.8) is 0 Å².